The minimum absolute atomic E-state index is 0. The Morgan fingerprint density at radius 2 is 1.16 bits per heavy atom. The molecule has 0 radical (unpaired) electrons. The van der Waals surface area contributed by atoms with E-state index in [4.69, 9.17) is 5.11 Å². The number of carbonyl (C=O) groups excluding carboxylic acids is 1. The highest BCUT2D eigenvalue weighted by molar-refractivity contribution is 7.92. The van der Waals surface area contributed by atoms with Gasteiger partial charge in [0.15, 0.2) is 11.3 Å². The van der Waals surface area contributed by atoms with Crippen molar-refractivity contribution in [3.63, 3.8) is 0 Å². The quantitative estimate of drug-likeness (QED) is 0.0977. The molecule has 4 unspecified atom stereocenters. The van der Waals surface area contributed by atoms with Crippen LogP contribution in [0.2, 0.25) is 0 Å². The van der Waals surface area contributed by atoms with Gasteiger partial charge in [-0.2, -0.15) is 0 Å². The summed E-state index contributed by atoms with van der Waals surface area (Å²) in [4.78, 5) is 60.2. The first-order valence-corrected chi connectivity index (χ1v) is 25.7. The zero-order valence-electron chi connectivity index (χ0n) is 39.4. The van der Waals surface area contributed by atoms with Crippen molar-refractivity contribution in [2.75, 3.05) is 35.0 Å². The second-order valence-electron chi connectivity index (χ2n) is 18.0. The number of hydrogen-bond donors (Lipinski definition) is 6. The molecule has 368 valence electrons. The van der Waals surface area contributed by atoms with Crippen molar-refractivity contribution in [3.05, 3.63) is 125 Å². The van der Waals surface area contributed by atoms with Crippen molar-refractivity contribution in [2.24, 2.45) is 11.8 Å². The van der Waals surface area contributed by atoms with Gasteiger partial charge in [-0.15, -0.1) is 0 Å². The minimum atomic E-state index is -3.55. The number of H-pyrrole nitrogens is 2. The fraction of sp³-hybridized carbons (Fsp3) is 0.447. The molecule has 0 saturated carbocycles. The molecule has 2 fully saturated rings. The van der Waals surface area contributed by atoms with Gasteiger partial charge in [-0.05, 0) is 110 Å². The first-order chi connectivity index (χ1) is 31.3. The summed E-state index contributed by atoms with van der Waals surface area (Å²) >= 11 is 0. The summed E-state index contributed by atoms with van der Waals surface area (Å²) in [6.07, 6.45) is 5.89. The summed E-state index contributed by atoms with van der Waals surface area (Å²) in [6, 6.07) is 13.4. The number of likely N-dealkylation sites (tertiary alicyclic amines) is 1. The zero-order chi connectivity index (χ0) is 49.3. The number of fused-ring (bicyclic) bond motifs is 2. The molecule has 0 spiro atoms. The fourth-order valence-corrected chi connectivity index (χ4v) is 9.41. The van der Waals surface area contributed by atoms with Gasteiger partial charge in [0.2, 0.25) is 20.0 Å². The van der Waals surface area contributed by atoms with Crippen LogP contribution < -0.4 is 25.9 Å². The van der Waals surface area contributed by atoms with E-state index >= 15 is 0 Å². The number of amides is 1. The van der Waals surface area contributed by atoms with Crippen LogP contribution in [0.5, 0.6) is 0 Å². The maximum absolute atomic E-state index is 13.7. The van der Waals surface area contributed by atoms with Crippen LogP contribution in [0.15, 0.2) is 58.1 Å². The smallest absolute Gasteiger partial charge is 0.337 e. The molecule has 2 aliphatic rings. The van der Waals surface area contributed by atoms with Crippen molar-refractivity contribution >= 4 is 54.6 Å². The molecule has 19 nitrogen and oxygen atoms in total. The van der Waals surface area contributed by atoms with E-state index in [9.17, 15) is 36.0 Å². The van der Waals surface area contributed by atoms with Gasteiger partial charge in [0.25, 0.3) is 17.0 Å². The number of carbonyl (C=O) groups is 2. The normalized spacial score (nSPS) is 18.4. The van der Waals surface area contributed by atoms with Gasteiger partial charge in [0.05, 0.1) is 52.4 Å². The molecule has 2 aliphatic heterocycles. The number of nitrogens with zero attached hydrogens (tertiary/aromatic N) is 5. The average molecular weight is 977 g/mol. The number of sulfonamides is 2. The van der Waals surface area contributed by atoms with E-state index < -0.39 is 26.0 Å². The van der Waals surface area contributed by atoms with Crippen molar-refractivity contribution in [1.82, 2.24) is 39.4 Å². The number of anilines is 2. The molecule has 2 aromatic carbocycles. The number of carboxylic acid groups (broad SMARTS) is 1. The molecule has 4 atom stereocenters. The Morgan fingerprint density at radius 1 is 0.691 bits per heavy atom. The lowest BCUT2D eigenvalue weighted by Crippen LogP contribution is -2.41. The second-order valence-corrected chi connectivity index (χ2v) is 21.5. The van der Waals surface area contributed by atoms with Crippen LogP contribution >= 0.6 is 0 Å². The summed E-state index contributed by atoms with van der Waals surface area (Å²) in [5, 5.41) is 18.7. The Morgan fingerprint density at radius 3 is 1.66 bits per heavy atom. The topological polar surface area (TPSA) is 262 Å². The first-order valence-electron chi connectivity index (χ1n) is 21.9. The van der Waals surface area contributed by atoms with Crippen molar-refractivity contribution in [1.29, 1.82) is 0 Å². The number of aryl methyl sites for hydroxylation is 4. The molecule has 0 aliphatic carbocycles. The average Bonchev–Trinajstić information content (AvgIpc) is 3.88. The highest BCUT2D eigenvalue weighted by Gasteiger charge is 2.34. The summed E-state index contributed by atoms with van der Waals surface area (Å²) in [7, 11) is -7.01. The van der Waals surface area contributed by atoms with Crippen LogP contribution in [0.4, 0.5) is 11.4 Å². The van der Waals surface area contributed by atoms with Gasteiger partial charge < -0.3 is 15.3 Å². The maximum atomic E-state index is 13.7. The number of rotatable bonds is 8. The van der Waals surface area contributed by atoms with Crippen LogP contribution in [-0.4, -0.2) is 93.5 Å². The Balaban J connectivity index is 0.000000209. The molecule has 21 heteroatoms. The van der Waals surface area contributed by atoms with Gasteiger partial charge in [0.1, 0.15) is 0 Å². The number of nitrogens with one attached hydrogen (secondary N) is 5. The Labute approximate surface area is 396 Å². The van der Waals surface area contributed by atoms with Crippen molar-refractivity contribution in [2.45, 2.75) is 101 Å². The largest absolute Gasteiger partial charge is 0.478 e. The summed E-state index contributed by atoms with van der Waals surface area (Å²) in [5.41, 5.74) is 7.79. The maximum Gasteiger partial charge on any atom is 0.337 e. The van der Waals surface area contributed by atoms with Gasteiger partial charge in [-0.3, -0.25) is 34.0 Å². The summed E-state index contributed by atoms with van der Waals surface area (Å²) < 4.78 is 53.2. The van der Waals surface area contributed by atoms with E-state index in [1.165, 1.54) is 23.1 Å². The molecule has 1 amide bonds. The van der Waals surface area contributed by atoms with Crippen LogP contribution in [0.1, 0.15) is 125 Å². The Hall–Kier alpha value is -6.32. The number of aromatic carboxylic acids is 1. The number of piperidine rings is 2. The highest BCUT2D eigenvalue weighted by Crippen LogP contribution is 2.36. The van der Waals surface area contributed by atoms with Crippen LogP contribution in [0.25, 0.3) is 11.3 Å². The van der Waals surface area contributed by atoms with Crippen LogP contribution in [0, 0.1) is 53.4 Å². The Bertz CT molecular complexity index is 3210. The van der Waals surface area contributed by atoms with Gasteiger partial charge in [-0.1, -0.05) is 44.5 Å². The number of carboxylic acids is 1. The van der Waals surface area contributed by atoms with E-state index in [0.717, 1.165) is 60.1 Å². The third-order valence-corrected chi connectivity index (χ3v) is 13.3. The van der Waals surface area contributed by atoms with Crippen LogP contribution in [-0.2, 0) is 20.0 Å². The van der Waals surface area contributed by atoms with Gasteiger partial charge >= 0.3 is 5.97 Å². The predicted molar refractivity (Wildman–Crippen MR) is 265 cm³/mol. The third-order valence-electron chi connectivity index (χ3n) is 12.1. The number of aromatic amines is 2. The van der Waals surface area contributed by atoms with E-state index in [2.05, 4.69) is 48.8 Å². The molecule has 0 bridgehead atoms. The standard InChI is InChI=1S/C23H29N5O4S.C14H20N4O.C9H11NO4S.CH4/c1-13-6-7-18(26-33(5,31)32)17(10-13)23(30)27-9-8-14(2)11-20(27)19-12-21-24-16(4)15(3)22(29)28(21)25-19;1-8-4-5-15-11(6-8)12-7-13-16-10(3)9(2)14(19)18(13)17-12;1-6-3-4-8(10-15(2,13)14)7(5-6)9(11)12;/h6-7,10,12,14,20,25-26H,8-9,11H2,1-5H3;7-8,11,15,17H,4-6H2,1-3H3;3-5,10H,1-2H3,(H,11,12);1H4. The molecule has 6 heterocycles. The van der Waals surface area contributed by atoms with Crippen LogP contribution in [0.3, 0.4) is 0 Å². The monoisotopic (exact) mass is 976 g/mol. The predicted octanol–water partition coefficient (Wildman–Crippen LogP) is 6.33. The fourth-order valence-electron chi connectivity index (χ4n) is 8.25. The number of aromatic nitrogens is 6. The number of benzene rings is 2. The molecular formula is C47H64N10O9S2. The lowest BCUT2D eigenvalue weighted by atomic mass is 9.90. The lowest BCUT2D eigenvalue weighted by molar-refractivity contribution is 0.0552. The lowest BCUT2D eigenvalue weighted by Gasteiger charge is -2.38. The summed E-state index contributed by atoms with van der Waals surface area (Å²) in [6.45, 7) is 16.8. The molecule has 6 aromatic rings. The Kier molecular flexibility index (Phi) is 16.2. The van der Waals surface area contributed by atoms with E-state index in [-0.39, 0.29) is 47.4 Å². The first kappa shape index (κ1) is 52.6. The molecule has 4 aromatic heterocycles. The summed E-state index contributed by atoms with van der Waals surface area (Å²) in [5.74, 6) is -0.325. The third kappa shape index (κ3) is 12.4. The highest BCUT2D eigenvalue weighted by atomic mass is 32.2. The minimum Gasteiger partial charge on any atom is -0.478 e. The van der Waals surface area contributed by atoms with E-state index in [1.807, 2.05) is 32.9 Å². The van der Waals surface area contributed by atoms with Crippen molar-refractivity contribution < 1.29 is 31.5 Å². The van der Waals surface area contributed by atoms with Gasteiger partial charge in [-0.25, -0.2) is 40.6 Å². The van der Waals surface area contributed by atoms with E-state index in [0.29, 0.717) is 64.5 Å². The molecule has 68 heavy (non-hydrogen) atoms. The number of hydrogen-bond acceptors (Lipinski definition) is 11. The van der Waals surface area contributed by atoms with E-state index in [1.54, 1.807) is 54.5 Å². The van der Waals surface area contributed by atoms with Crippen molar-refractivity contribution in [3.8, 4) is 0 Å². The molecule has 2 saturated heterocycles. The zero-order valence-corrected chi connectivity index (χ0v) is 41.1. The SMILES string of the molecule is C.Cc1ccc(NS(C)(=O)=O)c(C(=O)N2CCC(C)CC2c2cc3nc(C)c(C)c(=O)n3[nH]2)c1.Cc1ccc(NS(C)(=O)=O)c(C(=O)O)c1.Cc1nc2cc(C3CC(C)CCN3)[nH]n2c(=O)c1C. The molecule has 6 N–H and O–H groups in total. The van der Waals surface area contributed by atoms with Gasteiger partial charge in [0, 0.05) is 47.2 Å². The molecule has 8 rings (SSSR count). The molecular weight excluding hydrogens is 913 g/mol. The second kappa shape index (κ2) is 20.9.